The van der Waals surface area contributed by atoms with E-state index >= 15 is 0 Å². The van der Waals surface area contributed by atoms with Gasteiger partial charge < -0.3 is 24.3 Å². The molecule has 2 heterocycles. The molecule has 0 atom stereocenters. The van der Waals surface area contributed by atoms with Crippen LogP contribution in [0, 0.1) is 0 Å². The number of rotatable bonds is 7. The standard InChI is InChI=1S/C21H24N2O7S/c1-27-18-6-4-17(31(25,26)23-8-10-28-11-9-23)12-15(18)2-7-21(24)22-16-3-5-19-20(13-16)30-14-29-19/h3-6,12-13H,2,7-11,14H2,1H3,(H,22,24). The minimum Gasteiger partial charge on any atom is -0.496 e. The second-order valence-electron chi connectivity index (χ2n) is 7.11. The van der Waals surface area contributed by atoms with Crippen molar-refractivity contribution in [2.24, 2.45) is 0 Å². The molecule has 10 heteroatoms. The average Bonchev–Trinajstić information content (AvgIpc) is 3.26. The average molecular weight is 448 g/mol. The van der Waals surface area contributed by atoms with E-state index in [9.17, 15) is 13.2 Å². The van der Waals surface area contributed by atoms with Crippen LogP contribution < -0.4 is 19.5 Å². The van der Waals surface area contributed by atoms with Crippen molar-refractivity contribution < 1.29 is 32.2 Å². The van der Waals surface area contributed by atoms with Crippen molar-refractivity contribution in [3.8, 4) is 17.2 Å². The van der Waals surface area contributed by atoms with Gasteiger partial charge in [0, 0.05) is 31.3 Å². The van der Waals surface area contributed by atoms with Gasteiger partial charge in [-0.1, -0.05) is 0 Å². The summed E-state index contributed by atoms with van der Waals surface area (Å²) in [5.41, 5.74) is 1.25. The molecule has 0 radical (unpaired) electrons. The first kappa shape index (κ1) is 21.4. The molecule has 166 valence electrons. The Labute approximate surface area is 180 Å². The summed E-state index contributed by atoms with van der Waals surface area (Å²) in [7, 11) is -2.12. The van der Waals surface area contributed by atoms with E-state index in [1.54, 1.807) is 30.3 Å². The van der Waals surface area contributed by atoms with Gasteiger partial charge in [-0.2, -0.15) is 4.31 Å². The Morgan fingerprint density at radius 1 is 1.10 bits per heavy atom. The SMILES string of the molecule is COc1ccc(S(=O)(=O)N2CCOCC2)cc1CCC(=O)Nc1ccc2c(c1)OCO2. The van der Waals surface area contributed by atoms with Crippen molar-refractivity contribution in [2.45, 2.75) is 17.7 Å². The number of carbonyl (C=O) groups is 1. The van der Waals surface area contributed by atoms with Crippen molar-refractivity contribution >= 4 is 21.6 Å². The minimum absolute atomic E-state index is 0.159. The Balaban J connectivity index is 1.44. The van der Waals surface area contributed by atoms with Crippen LogP contribution in [0.1, 0.15) is 12.0 Å². The summed E-state index contributed by atoms with van der Waals surface area (Å²) in [4.78, 5) is 12.6. The lowest BCUT2D eigenvalue weighted by molar-refractivity contribution is -0.116. The molecule has 2 aliphatic heterocycles. The van der Waals surface area contributed by atoms with Gasteiger partial charge in [-0.15, -0.1) is 0 Å². The van der Waals surface area contributed by atoms with Crippen molar-refractivity contribution in [3.05, 3.63) is 42.0 Å². The maximum Gasteiger partial charge on any atom is 0.243 e. The molecule has 1 saturated heterocycles. The highest BCUT2D eigenvalue weighted by atomic mass is 32.2. The largest absolute Gasteiger partial charge is 0.496 e. The van der Waals surface area contributed by atoms with Crippen LogP contribution in [0.15, 0.2) is 41.3 Å². The second kappa shape index (κ2) is 9.13. The van der Waals surface area contributed by atoms with E-state index in [0.29, 0.717) is 61.2 Å². The Kier molecular flexibility index (Phi) is 6.30. The Morgan fingerprint density at radius 3 is 2.65 bits per heavy atom. The third-order valence-corrected chi connectivity index (χ3v) is 7.03. The van der Waals surface area contributed by atoms with Gasteiger partial charge in [-0.25, -0.2) is 8.42 Å². The van der Waals surface area contributed by atoms with Crippen LogP contribution in [0.4, 0.5) is 5.69 Å². The predicted molar refractivity (Wildman–Crippen MR) is 112 cm³/mol. The van der Waals surface area contributed by atoms with Crippen molar-refractivity contribution in [2.75, 3.05) is 45.5 Å². The quantitative estimate of drug-likeness (QED) is 0.691. The highest BCUT2D eigenvalue weighted by Gasteiger charge is 2.27. The number of carbonyl (C=O) groups excluding carboxylic acids is 1. The van der Waals surface area contributed by atoms with Gasteiger partial charge in [-0.05, 0) is 42.3 Å². The van der Waals surface area contributed by atoms with Crippen molar-refractivity contribution in [1.29, 1.82) is 0 Å². The molecule has 0 bridgehead atoms. The highest BCUT2D eigenvalue weighted by Crippen LogP contribution is 2.34. The number of benzene rings is 2. The van der Waals surface area contributed by atoms with Crippen LogP contribution in [0.25, 0.3) is 0 Å². The van der Waals surface area contributed by atoms with Crippen LogP contribution in [-0.4, -0.2) is 58.8 Å². The third-order valence-electron chi connectivity index (χ3n) is 5.14. The number of amides is 1. The molecule has 4 rings (SSSR count). The molecule has 2 aromatic carbocycles. The van der Waals surface area contributed by atoms with E-state index < -0.39 is 10.0 Å². The molecule has 2 aliphatic rings. The predicted octanol–water partition coefficient (Wildman–Crippen LogP) is 2.02. The summed E-state index contributed by atoms with van der Waals surface area (Å²) >= 11 is 0. The van der Waals surface area contributed by atoms with E-state index in [1.807, 2.05) is 0 Å². The molecule has 2 aromatic rings. The van der Waals surface area contributed by atoms with E-state index in [4.69, 9.17) is 18.9 Å². The fraction of sp³-hybridized carbons (Fsp3) is 0.381. The van der Waals surface area contributed by atoms with Crippen LogP contribution in [-0.2, 0) is 26.0 Å². The molecule has 9 nitrogen and oxygen atoms in total. The number of sulfonamides is 1. The second-order valence-corrected chi connectivity index (χ2v) is 9.04. The summed E-state index contributed by atoms with van der Waals surface area (Å²) in [5.74, 6) is 1.56. The van der Waals surface area contributed by atoms with Gasteiger partial charge in [0.25, 0.3) is 0 Å². The summed E-state index contributed by atoms with van der Waals surface area (Å²) < 4.78 is 48.5. The zero-order chi connectivity index (χ0) is 21.8. The first-order valence-corrected chi connectivity index (χ1v) is 11.4. The number of methoxy groups -OCH3 is 1. The van der Waals surface area contributed by atoms with Gasteiger partial charge in [-0.3, -0.25) is 4.79 Å². The Hall–Kier alpha value is -2.82. The lowest BCUT2D eigenvalue weighted by atomic mass is 10.1. The molecule has 0 saturated carbocycles. The summed E-state index contributed by atoms with van der Waals surface area (Å²) in [6, 6.07) is 9.91. The number of fused-ring (bicyclic) bond motifs is 1. The van der Waals surface area contributed by atoms with Gasteiger partial charge in [0.1, 0.15) is 5.75 Å². The topological polar surface area (TPSA) is 103 Å². The number of anilines is 1. The zero-order valence-electron chi connectivity index (χ0n) is 17.1. The van der Waals surface area contributed by atoms with Crippen molar-refractivity contribution in [1.82, 2.24) is 4.31 Å². The smallest absolute Gasteiger partial charge is 0.243 e. The number of hydrogen-bond donors (Lipinski definition) is 1. The first-order chi connectivity index (χ1) is 15.0. The molecular weight excluding hydrogens is 424 g/mol. The highest BCUT2D eigenvalue weighted by molar-refractivity contribution is 7.89. The Bertz CT molecular complexity index is 1070. The molecule has 1 N–H and O–H groups in total. The fourth-order valence-electron chi connectivity index (χ4n) is 3.49. The Morgan fingerprint density at radius 2 is 1.87 bits per heavy atom. The maximum atomic E-state index is 12.9. The molecule has 31 heavy (non-hydrogen) atoms. The molecular formula is C21H24N2O7S. The first-order valence-electron chi connectivity index (χ1n) is 9.92. The number of aryl methyl sites for hydroxylation is 1. The lowest BCUT2D eigenvalue weighted by Gasteiger charge is -2.26. The number of morpholine rings is 1. The van der Waals surface area contributed by atoms with E-state index in [1.165, 1.54) is 17.5 Å². The zero-order valence-corrected chi connectivity index (χ0v) is 17.9. The molecule has 1 fully saturated rings. The van der Waals surface area contributed by atoms with E-state index in [-0.39, 0.29) is 24.0 Å². The minimum atomic E-state index is -3.63. The lowest BCUT2D eigenvalue weighted by Crippen LogP contribution is -2.40. The van der Waals surface area contributed by atoms with E-state index in [2.05, 4.69) is 5.32 Å². The van der Waals surface area contributed by atoms with Crippen LogP contribution in [0.3, 0.4) is 0 Å². The number of ether oxygens (including phenoxy) is 4. The number of nitrogens with zero attached hydrogens (tertiary/aromatic N) is 1. The van der Waals surface area contributed by atoms with Gasteiger partial charge in [0.2, 0.25) is 22.7 Å². The van der Waals surface area contributed by atoms with Crippen molar-refractivity contribution in [3.63, 3.8) is 0 Å². The molecule has 0 aromatic heterocycles. The summed E-state index contributed by atoms with van der Waals surface area (Å²) in [6.07, 6.45) is 0.484. The van der Waals surface area contributed by atoms with Gasteiger partial charge >= 0.3 is 0 Å². The number of hydrogen-bond acceptors (Lipinski definition) is 7. The molecule has 0 aliphatic carbocycles. The van der Waals surface area contributed by atoms with Gasteiger partial charge in [0.15, 0.2) is 11.5 Å². The normalized spacial score (nSPS) is 16.2. The van der Waals surface area contributed by atoms with Crippen LogP contribution in [0.5, 0.6) is 17.2 Å². The third kappa shape index (κ3) is 4.76. The molecule has 1 amide bonds. The maximum absolute atomic E-state index is 12.9. The number of nitrogens with one attached hydrogen (secondary N) is 1. The molecule has 0 spiro atoms. The molecule has 0 unspecified atom stereocenters. The fourth-order valence-corrected chi connectivity index (χ4v) is 4.95. The van der Waals surface area contributed by atoms with Crippen LogP contribution in [0.2, 0.25) is 0 Å². The monoisotopic (exact) mass is 448 g/mol. The van der Waals surface area contributed by atoms with Crippen LogP contribution >= 0.6 is 0 Å². The van der Waals surface area contributed by atoms with E-state index in [0.717, 1.165) is 0 Å². The van der Waals surface area contributed by atoms with Gasteiger partial charge in [0.05, 0.1) is 25.2 Å². The summed E-state index contributed by atoms with van der Waals surface area (Å²) in [6.45, 7) is 1.56. The summed E-state index contributed by atoms with van der Waals surface area (Å²) in [5, 5.41) is 2.82.